The van der Waals surface area contributed by atoms with E-state index in [0.29, 0.717) is 0 Å². The number of carbonyl (C=O) groups excluding carboxylic acids is 4. The van der Waals surface area contributed by atoms with Gasteiger partial charge in [-0.05, 0) is 48.2 Å². The molecule has 1 heterocycles. The third kappa shape index (κ3) is 2.95. The molecule has 0 saturated carbocycles. The molecule has 0 radical (unpaired) electrons. The van der Waals surface area contributed by atoms with Crippen molar-refractivity contribution in [1.29, 1.82) is 0 Å². The number of likely N-dealkylation sites (tertiary alicyclic amines) is 1. The van der Waals surface area contributed by atoms with Gasteiger partial charge < -0.3 is 4.74 Å². The largest absolute Gasteiger partial charge is 0.424 e. The molecule has 2 bridgehead atoms. The smallest absolute Gasteiger partial charge is 0.334 e. The van der Waals surface area contributed by atoms with E-state index in [2.05, 4.69) is 0 Å². The molecule has 35 heavy (non-hydrogen) atoms. The summed E-state index contributed by atoms with van der Waals surface area (Å²) in [6.45, 7) is 2.90. The van der Waals surface area contributed by atoms with Crippen LogP contribution in [0.5, 0.6) is 5.75 Å². The molecule has 0 aromatic heterocycles. The van der Waals surface area contributed by atoms with E-state index >= 15 is 0 Å². The number of amides is 2. The van der Waals surface area contributed by atoms with Crippen molar-refractivity contribution < 1.29 is 23.9 Å². The van der Waals surface area contributed by atoms with E-state index in [1.807, 2.05) is 48.5 Å². The van der Waals surface area contributed by atoms with Crippen LogP contribution in [-0.4, -0.2) is 34.5 Å². The van der Waals surface area contributed by atoms with Crippen LogP contribution in [-0.2, 0) is 14.4 Å². The molecule has 0 N–H and O–H groups in total. The highest BCUT2D eigenvalue weighted by Crippen LogP contribution is 2.61. The second-order valence-electron chi connectivity index (χ2n) is 9.46. The first-order valence-corrected chi connectivity index (χ1v) is 11.8. The van der Waals surface area contributed by atoms with Gasteiger partial charge in [-0.25, -0.2) is 4.79 Å². The van der Waals surface area contributed by atoms with E-state index in [0.717, 1.165) is 27.2 Å². The third-order valence-electron chi connectivity index (χ3n) is 7.69. The fraction of sp³-hybridized carbons (Fsp3) is 0.241. The Balaban J connectivity index is 1.37. The van der Waals surface area contributed by atoms with Crippen molar-refractivity contribution in [3.8, 4) is 5.75 Å². The Kier molecular flexibility index (Phi) is 4.74. The second kappa shape index (κ2) is 7.73. The molecule has 1 fully saturated rings. The zero-order valence-electron chi connectivity index (χ0n) is 19.3. The maximum atomic E-state index is 13.8. The lowest BCUT2D eigenvalue weighted by molar-refractivity contribution is -0.152. The number of ketones is 1. The lowest BCUT2D eigenvalue weighted by atomic mass is 9.55. The molecule has 6 heteroatoms. The highest BCUT2D eigenvalue weighted by molar-refractivity contribution is 6.10. The summed E-state index contributed by atoms with van der Waals surface area (Å²) in [4.78, 5) is 53.7. The fourth-order valence-corrected chi connectivity index (χ4v) is 6.23. The summed E-state index contributed by atoms with van der Waals surface area (Å²) < 4.78 is 5.52. The van der Waals surface area contributed by atoms with Crippen LogP contribution in [0.25, 0.3) is 0 Å². The van der Waals surface area contributed by atoms with Crippen LogP contribution in [0.2, 0.25) is 0 Å². The van der Waals surface area contributed by atoms with E-state index in [4.69, 9.17) is 4.74 Å². The number of Topliss-reactive ketones (excluding diaryl/α,β-unsaturated/α-hetero) is 1. The lowest BCUT2D eigenvalue weighted by Gasteiger charge is -2.45. The number of para-hydroxylation sites is 1. The summed E-state index contributed by atoms with van der Waals surface area (Å²) in [6, 6.07) is 21.3. The molecule has 0 spiro atoms. The highest BCUT2D eigenvalue weighted by Gasteiger charge is 2.62. The molecular formula is C29H23NO5. The minimum Gasteiger partial charge on any atom is -0.424 e. The number of hydrogen-bond acceptors (Lipinski definition) is 5. The Bertz CT molecular complexity index is 1310. The van der Waals surface area contributed by atoms with E-state index in [1.54, 1.807) is 18.2 Å². The number of rotatable bonds is 4. The molecule has 6 nitrogen and oxygen atoms in total. The van der Waals surface area contributed by atoms with Crippen molar-refractivity contribution in [2.24, 2.45) is 11.8 Å². The SMILES string of the molecule is CC(=O)c1ccccc1OC(=O)[C@@H](C)N1C(=O)[C@@H]2C3c4ccccc4C(c4ccccc43)[C@@H]2C1=O. The number of imide groups is 1. The standard InChI is InChI=1S/C29H23NO5/c1-15(29(34)35-22-14-8-7-9-17(22)16(2)31)30-27(32)25-23-18-10-3-4-11-19(18)24(26(25)28(30)33)21-13-6-5-12-20(21)23/h3-15,23-26H,1-2H3/t15-,23?,24?,25-,26+/m1/s1. The zero-order chi connectivity index (χ0) is 24.4. The Hall–Kier alpha value is -4.06. The highest BCUT2D eigenvalue weighted by atomic mass is 16.5. The van der Waals surface area contributed by atoms with Crippen LogP contribution in [0.3, 0.4) is 0 Å². The third-order valence-corrected chi connectivity index (χ3v) is 7.69. The summed E-state index contributed by atoms with van der Waals surface area (Å²) in [5.41, 5.74) is 4.57. The monoisotopic (exact) mass is 465 g/mol. The normalized spacial score (nSPS) is 24.5. The van der Waals surface area contributed by atoms with E-state index < -0.39 is 23.8 Å². The van der Waals surface area contributed by atoms with Gasteiger partial charge in [0.1, 0.15) is 11.8 Å². The maximum absolute atomic E-state index is 13.8. The van der Waals surface area contributed by atoms with Crippen molar-refractivity contribution >= 4 is 23.6 Å². The topological polar surface area (TPSA) is 80.8 Å². The molecular weight excluding hydrogens is 442 g/mol. The van der Waals surface area contributed by atoms with Gasteiger partial charge >= 0.3 is 5.97 Å². The fourth-order valence-electron chi connectivity index (χ4n) is 6.23. The quantitative estimate of drug-likeness (QED) is 0.251. The van der Waals surface area contributed by atoms with Gasteiger partial charge in [0.05, 0.1) is 17.4 Å². The predicted octanol–water partition coefficient (Wildman–Crippen LogP) is 4.08. The van der Waals surface area contributed by atoms with E-state index in [1.165, 1.54) is 19.9 Å². The summed E-state index contributed by atoms with van der Waals surface area (Å²) in [7, 11) is 0. The van der Waals surface area contributed by atoms with Gasteiger partial charge in [-0.3, -0.25) is 19.3 Å². The number of nitrogens with zero attached hydrogens (tertiary/aromatic N) is 1. The van der Waals surface area contributed by atoms with E-state index in [-0.39, 0.29) is 40.7 Å². The van der Waals surface area contributed by atoms with Crippen molar-refractivity contribution in [2.45, 2.75) is 31.7 Å². The van der Waals surface area contributed by atoms with Crippen LogP contribution < -0.4 is 4.74 Å². The molecule has 3 atom stereocenters. The van der Waals surface area contributed by atoms with Crippen LogP contribution >= 0.6 is 0 Å². The van der Waals surface area contributed by atoms with Gasteiger partial charge in [-0.15, -0.1) is 0 Å². The van der Waals surface area contributed by atoms with Gasteiger partial charge in [-0.2, -0.15) is 0 Å². The average Bonchev–Trinajstić information content (AvgIpc) is 3.14. The molecule has 7 rings (SSSR count). The Morgan fingerprint density at radius 1 is 0.743 bits per heavy atom. The molecule has 174 valence electrons. The summed E-state index contributed by atoms with van der Waals surface area (Å²) in [5.74, 6) is -3.15. The molecule has 3 aromatic rings. The predicted molar refractivity (Wildman–Crippen MR) is 127 cm³/mol. The molecule has 1 aliphatic heterocycles. The second-order valence-corrected chi connectivity index (χ2v) is 9.46. The van der Waals surface area contributed by atoms with Crippen molar-refractivity contribution in [2.75, 3.05) is 0 Å². The Morgan fingerprint density at radius 3 is 1.63 bits per heavy atom. The molecule has 3 aromatic carbocycles. The van der Waals surface area contributed by atoms with Crippen LogP contribution in [0.4, 0.5) is 0 Å². The summed E-state index contributed by atoms with van der Waals surface area (Å²) >= 11 is 0. The molecule has 2 amide bonds. The van der Waals surface area contributed by atoms with Gasteiger partial charge in [0.15, 0.2) is 5.78 Å². The Morgan fingerprint density at radius 2 is 1.17 bits per heavy atom. The number of ether oxygens (including phenoxy) is 1. The Labute approximate surface area is 202 Å². The van der Waals surface area contributed by atoms with Crippen LogP contribution in [0.1, 0.15) is 58.3 Å². The van der Waals surface area contributed by atoms with Crippen LogP contribution in [0, 0.1) is 11.8 Å². The number of carbonyl (C=O) groups is 4. The molecule has 0 unspecified atom stereocenters. The molecule has 1 saturated heterocycles. The number of esters is 1. The minimum absolute atomic E-state index is 0.119. The summed E-state index contributed by atoms with van der Waals surface area (Å²) in [6.07, 6.45) is 0. The van der Waals surface area contributed by atoms with Gasteiger partial charge in [0.25, 0.3) is 0 Å². The first kappa shape index (κ1) is 21.5. The first-order chi connectivity index (χ1) is 16.9. The molecule has 4 aliphatic rings. The minimum atomic E-state index is -1.12. The molecule has 3 aliphatic carbocycles. The summed E-state index contributed by atoms with van der Waals surface area (Å²) in [5, 5.41) is 0. The van der Waals surface area contributed by atoms with Gasteiger partial charge in [0, 0.05) is 11.8 Å². The first-order valence-electron chi connectivity index (χ1n) is 11.8. The van der Waals surface area contributed by atoms with Crippen molar-refractivity contribution in [3.63, 3.8) is 0 Å². The zero-order valence-corrected chi connectivity index (χ0v) is 19.3. The van der Waals surface area contributed by atoms with Crippen molar-refractivity contribution in [1.82, 2.24) is 4.90 Å². The number of hydrogen-bond donors (Lipinski definition) is 0. The van der Waals surface area contributed by atoms with E-state index in [9.17, 15) is 19.2 Å². The maximum Gasteiger partial charge on any atom is 0.334 e. The van der Waals surface area contributed by atoms with Crippen LogP contribution in [0.15, 0.2) is 72.8 Å². The average molecular weight is 466 g/mol. The van der Waals surface area contributed by atoms with Crippen molar-refractivity contribution in [3.05, 3.63) is 101 Å². The lowest BCUT2D eigenvalue weighted by Crippen LogP contribution is -2.45. The number of benzene rings is 3. The van der Waals surface area contributed by atoms with Gasteiger partial charge in [0.2, 0.25) is 11.8 Å². The van der Waals surface area contributed by atoms with Gasteiger partial charge in [-0.1, -0.05) is 60.7 Å².